The Morgan fingerprint density at radius 2 is 2.04 bits per heavy atom. The van der Waals surface area contributed by atoms with Gasteiger partial charge in [-0.3, -0.25) is 4.79 Å². The normalized spacial score (nSPS) is 11.3. The number of carbonyl (C=O) groups excluding carboxylic acids is 1. The number of hydrogen-bond acceptors (Lipinski definition) is 6. The minimum atomic E-state index is -1.28. The summed E-state index contributed by atoms with van der Waals surface area (Å²) in [5, 5.41) is 13.7. The maximum Gasteiger partial charge on any atom is 0.342 e. The number of allylic oxidation sites excluding steroid dienone is 1. The van der Waals surface area contributed by atoms with E-state index in [9.17, 15) is 14.7 Å². The SMILES string of the molecule is COc1cccc(-c2noc(C(=CN(C)C)C(C)=O)c2C(=O)O)c1Cl. The maximum atomic E-state index is 11.9. The molecule has 1 aromatic heterocycles. The van der Waals surface area contributed by atoms with E-state index in [1.807, 2.05) is 0 Å². The standard InChI is InChI=1S/C17H17ClN2O5/c1-9(21)11(8-20(2)3)16-13(17(22)23)15(19-25-16)10-6-5-7-12(24-4)14(10)18/h5-8H,1-4H3,(H,22,23). The molecule has 0 aliphatic carbocycles. The van der Waals surface area contributed by atoms with Crippen LogP contribution in [0.25, 0.3) is 16.8 Å². The van der Waals surface area contributed by atoms with Gasteiger partial charge in [0.25, 0.3) is 0 Å². The summed E-state index contributed by atoms with van der Waals surface area (Å²) < 4.78 is 10.4. The predicted molar refractivity (Wildman–Crippen MR) is 92.8 cm³/mol. The molecule has 0 radical (unpaired) electrons. The van der Waals surface area contributed by atoms with Crippen LogP contribution in [0.1, 0.15) is 23.0 Å². The van der Waals surface area contributed by atoms with E-state index in [4.69, 9.17) is 20.9 Å². The quantitative estimate of drug-likeness (QED) is 0.786. The first-order valence-electron chi connectivity index (χ1n) is 7.23. The summed E-state index contributed by atoms with van der Waals surface area (Å²) in [6.07, 6.45) is 1.48. The predicted octanol–water partition coefficient (Wildman–Crippen LogP) is 3.19. The summed E-state index contributed by atoms with van der Waals surface area (Å²) in [4.78, 5) is 25.4. The number of Topliss-reactive ketones (excluding diaryl/α,β-unsaturated/α-hetero) is 1. The zero-order chi connectivity index (χ0) is 18.7. The first-order chi connectivity index (χ1) is 11.8. The van der Waals surface area contributed by atoms with Gasteiger partial charge in [0, 0.05) is 25.9 Å². The van der Waals surface area contributed by atoms with E-state index < -0.39 is 5.97 Å². The van der Waals surface area contributed by atoms with Crippen molar-refractivity contribution >= 4 is 28.9 Å². The summed E-state index contributed by atoms with van der Waals surface area (Å²) in [5.41, 5.74) is 0.220. The molecular weight excluding hydrogens is 348 g/mol. The first-order valence-corrected chi connectivity index (χ1v) is 7.61. The molecule has 25 heavy (non-hydrogen) atoms. The number of halogens is 1. The molecule has 2 aromatic rings. The minimum absolute atomic E-state index is 0.0253. The van der Waals surface area contributed by atoms with Gasteiger partial charge in [-0.05, 0) is 13.0 Å². The summed E-state index contributed by atoms with van der Waals surface area (Å²) in [5.74, 6) is -1.38. The fourth-order valence-electron chi connectivity index (χ4n) is 2.28. The van der Waals surface area contributed by atoms with Crippen LogP contribution in [0.15, 0.2) is 28.9 Å². The lowest BCUT2D eigenvalue weighted by molar-refractivity contribution is -0.111. The van der Waals surface area contributed by atoms with E-state index in [2.05, 4.69) is 5.16 Å². The number of carboxylic acids is 1. The number of hydrogen-bond donors (Lipinski definition) is 1. The van der Waals surface area contributed by atoms with E-state index >= 15 is 0 Å². The van der Waals surface area contributed by atoms with Gasteiger partial charge in [-0.1, -0.05) is 28.9 Å². The Morgan fingerprint density at radius 3 is 2.56 bits per heavy atom. The summed E-state index contributed by atoms with van der Waals surface area (Å²) >= 11 is 6.27. The van der Waals surface area contributed by atoms with Crippen molar-refractivity contribution in [1.29, 1.82) is 0 Å². The Balaban J connectivity index is 2.74. The number of aromatic carboxylic acids is 1. The van der Waals surface area contributed by atoms with Crippen LogP contribution in [0.3, 0.4) is 0 Å². The van der Waals surface area contributed by atoms with Crippen molar-refractivity contribution in [2.24, 2.45) is 0 Å². The van der Waals surface area contributed by atoms with E-state index in [1.54, 1.807) is 37.2 Å². The van der Waals surface area contributed by atoms with Gasteiger partial charge in [0.2, 0.25) is 0 Å². The summed E-state index contributed by atoms with van der Waals surface area (Å²) in [6.45, 7) is 1.32. The van der Waals surface area contributed by atoms with Crippen molar-refractivity contribution in [2.75, 3.05) is 21.2 Å². The molecule has 1 heterocycles. The molecule has 0 saturated carbocycles. The van der Waals surface area contributed by atoms with Crippen LogP contribution in [0.5, 0.6) is 5.75 Å². The molecule has 8 heteroatoms. The van der Waals surface area contributed by atoms with E-state index in [0.29, 0.717) is 11.3 Å². The lowest BCUT2D eigenvalue weighted by Gasteiger charge is -2.09. The number of aromatic nitrogens is 1. The Labute approximate surface area is 149 Å². The molecule has 0 atom stereocenters. The molecule has 7 nitrogen and oxygen atoms in total. The third kappa shape index (κ3) is 3.66. The van der Waals surface area contributed by atoms with Crippen molar-refractivity contribution in [1.82, 2.24) is 10.1 Å². The minimum Gasteiger partial charge on any atom is -0.495 e. The zero-order valence-electron chi connectivity index (χ0n) is 14.2. The molecule has 0 saturated heterocycles. The summed E-state index contributed by atoms with van der Waals surface area (Å²) in [6, 6.07) is 4.89. The lowest BCUT2D eigenvalue weighted by Crippen LogP contribution is -2.09. The number of ether oxygens (including phenoxy) is 1. The number of methoxy groups -OCH3 is 1. The Morgan fingerprint density at radius 1 is 1.36 bits per heavy atom. The number of ketones is 1. The van der Waals surface area contributed by atoms with Crippen molar-refractivity contribution in [2.45, 2.75) is 6.92 Å². The van der Waals surface area contributed by atoms with Gasteiger partial charge < -0.3 is 19.3 Å². The second-order valence-corrected chi connectivity index (χ2v) is 5.80. The second kappa shape index (κ2) is 7.40. The third-order valence-electron chi connectivity index (χ3n) is 3.36. The Kier molecular flexibility index (Phi) is 5.48. The van der Waals surface area contributed by atoms with Crippen molar-refractivity contribution in [3.8, 4) is 17.0 Å². The van der Waals surface area contributed by atoms with Gasteiger partial charge >= 0.3 is 5.97 Å². The lowest BCUT2D eigenvalue weighted by atomic mass is 10.0. The monoisotopic (exact) mass is 364 g/mol. The molecule has 0 aliphatic heterocycles. The Bertz CT molecular complexity index is 855. The third-order valence-corrected chi connectivity index (χ3v) is 3.75. The van der Waals surface area contributed by atoms with Crippen molar-refractivity contribution in [3.63, 3.8) is 0 Å². The smallest absolute Gasteiger partial charge is 0.342 e. The molecule has 1 N–H and O–H groups in total. The largest absolute Gasteiger partial charge is 0.495 e. The van der Waals surface area contributed by atoms with Crippen LogP contribution in [0.4, 0.5) is 0 Å². The highest BCUT2D eigenvalue weighted by Crippen LogP contribution is 2.38. The average molecular weight is 365 g/mol. The highest BCUT2D eigenvalue weighted by molar-refractivity contribution is 6.35. The Hall–Kier alpha value is -2.80. The fourth-order valence-corrected chi connectivity index (χ4v) is 2.57. The molecule has 132 valence electrons. The van der Waals surface area contributed by atoms with Crippen molar-refractivity contribution < 1.29 is 24.0 Å². The number of nitrogens with zero attached hydrogens (tertiary/aromatic N) is 2. The molecule has 0 bridgehead atoms. The average Bonchev–Trinajstić information content (AvgIpc) is 2.97. The molecule has 0 amide bonds. The van der Waals surface area contributed by atoms with Crippen LogP contribution < -0.4 is 4.74 Å². The molecular formula is C17H17ClN2O5. The molecule has 2 rings (SSSR count). The topological polar surface area (TPSA) is 92.9 Å². The molecule has 0 aliphatic rings. The van der Waals surface area contributed by atoms with Crippen molar-refractivity contribution in [3.05, 3.63) is 40.7 Å². The second-order valence-electron chi connectivity index (χ2n) is 5.42. The molecule has 0 spiro atoms. The van der Waals surface area contributed by atoms with Crippen LogP contribution in [0.2, 0.25) is 5.02 Å². The molecule has 1 aromatic carbocycles. The van der Waals surface area contributed by atoms with Crippen LogP contribution in [-0.4, -0.2) is 48.1 Å². The van der Waals surface area contributed by atoms with E-state index in [0.717, 1.165) is 0 Å². The highest BCUT2D eigenvalue weighted by atomic mass is 35.5. The van der Waals surface area contributed by atoms with E-state index in [-0.39, 0.29) is 33.4 Å². The van der Waals surface area contributed by atoms with Gasteiger partial charge in [-0.2, -0.15) is 0 Å². The van der Waals surface area contributed by atoms with E-state index in [1.165, 1.54) is 20.2 Å². The number of benzene rings is 1. The maximum absolute atomic E-state index is 11.9. The van der Waals surface area contributed by atoms with Gasteiger partial charge in [-0.25, -0.2) is 4.79 Å². The molecule has 0 fully saturated rings. The highest BCUT2D eigenvalue weighted by Gasteiger charge is 2.29. The van der Waals surface area contributed by atoms with Crippen LogP contribution in [-0.2, 0) is 4.79 Å². The van der Waals surface area contributed by atoms with Gasteiger partial charge in [-0.15, -0.1) is 0 Å². The number of carboxylic acid groups (broad SMARTS) is 1. The number of carbonyl (C=O) groups is 2. The number of rotatable bonds is 6. The zero-order valence-corrected chi connectivity index (χ0v) is 14.9. The first kappa shape index (κ1) is 18.5. The summed E-state index contributed by atoms with van der Waals surface area (Å²) in [7, 11) is 4.87. The van der Waals surface area contributed by atoms with Gasteiger partial charge in [0.1, 0.15) is 17.0 Å². The fraction of sp³-hybridized carbons (Fsp3) is 0.235. The van der Waals surface area contributed by atoms with Crippen LogP contribution >= 0.6 is 11.6 Å². The molecule has 0 unspecified atom stereocenters. The van der Waals surface area contributed by atoms with Gasteiger partial charge in [0.15, 0.2) is 11.5 Å². The van der Waals surface area contributed by atoms with Gasteiger partial charge in [0.05, 0.1) is 17.7 Å². The van der Waals surface area contributed by atoms with Crippen LogP contribution in [0, 0.1) is 0 Å².